The molecule has 2 atom stereocenters. The Balaban J connectivity index is 2.08. The van der Waals surface area contributed by atoms with Gasteiger partial charge >= 0.3 is 0 Å². The van der Waals surface area contributed by atoms with E-state index in [0.29, 0.717) is 17.7 Å². The van der Waals surface area contributed by atoms with Gasteiger partial charge in [-0.05, 0) is 61.7 Å². The molecule has 0 aliphatic rings. The Morgan fingerprint density at radius 1 is 0.976 bits per heavy atom. The molecule has 3 aromatic carbocycles. The Bertz CT molecular complexity index is 1480. The van der Waals surface area contributed by atoms with E-state index in [1.807, 2.05) is 13.8 Å². The third kappa shape index (κ3) is 7.84. The number of anilines is 1. The number of rotatable bonds is 14. The number of hydrogen-bond donors (Lipinski definition) is 1. The number of hydrogen-bond acceptors (Lipinski definition) is 7. The second kappa shape index (κ2) is 14.4. The molecule has 0 spiro atoms. The molecule has 0 fully saturated rings. The minimum Gasteiger partial charge on any atom is -0.497 e. The number of carbonyl (C=O) groups is 2. The van der Waals surface area contributed by atoms with E-state index < -0.39 is 33.4 Å². The number of methoxy groups -OCH3 is 1. The number of carbonyl (C=O) groups excluding carboxylic acids is 2. The van der Waals surface area contributed by atoms with Gasteiger partial charge in [0.15, 0.2) is 0 Å². The quantitative estimate of drug-likeness (QED) is 0.213. The molecule has 1 N–H and O–H groups in total. The van der Waals surface area contributed by atoms with Crippen LogP contribution in [0.25, 0.3) is 0 Å². The van der Waals surface area contributed by atoms with Gasteiger partial charge in [0.2, 0.25) is 11.8 Å². The maximum Gasteiger partial charge on any atom is 0.269 e. The summed E-state index contributed by atoms with van der Waals surface area (Å²) in [6, 6.07) is 18.5. The largest absolute Gasteiger partial charge is 0.497 e. The van der Waals surface area contributed by atoms with Crippen molar-refractivity contribution in [1.29, 1.82) is 0 Å². The van der Waals surface area contributed by atoms with E-state index in [4.69, 9.17) is 4.74 Å². The topological polar surface area (TPSA) is 139 Å². The van der Waals surface area contributed by atoms with E-state index in [1.54, 1.807) is 49.4 Å². The third-order valence-electron chi connectivity index (χ3n) is 6.83. The summed E-state index contributed by atoms with van der Waals surface area (Å²) in [6.07, 6.45) is 0.968. The van der Waals surface area contributed by atoms with Crippen molar-refractivity contribution in [3.63, 3.8) is 0 Å². The van der Waals surface area contributed by atoms with Gasteiger partial charge in [-0.25, -0.2) is 8.42 Å². The fourth-order valence-electron chi connectivity index (χ4n) is 4.32. The Labute approximate surface area is 246 Å². The molecule has 0 bridgehead atoms. The number of nitro groups is 1. The molecular formula is C30H36N4O7S. The van der Waals surface area contributed by atoms with Crippen LogP contribution in [-0.4, -0.2) is 55.8 Å². The Morgan fingerprint density at radius 3 is 2.21 bits per heavy atom. The lowest BCUT2D eigenvalue weighted by Gasteiger charge is -2.33. The highest BCUT2D eigenvalue weighted by Crippen LogP contribution is 2.27. The average Bonchev–Trinajstić information content (AvgIpc) is 3.00. The second-order valence-electron chi connectivity index (χ2n) is 9.71. The zero-order chi connectivity index (χ0) is 30.9. The van der Waals surface area contributed by atoms with Crippen LogP contribution < -0.4 is 14.4 Å². The van der Waals surface area contributed by atoms with Crippen LogP contribution in [0.2, 0.25) is 0 Å². The van der Waals surface area contributed by atoms with Crippen molar-refractivity contribution in [2.24, 2.45) is 0 Å². The molecule has 3 aromatic rings. The Morgan fingerprint density at radius 2 is 1.64 bits per heavy atom. The standard InChI is InChI=1S/C30H36N4O7S/c1-5-22(3)31-30(36)28(6-2)32(20-23-11-10-12-26(19-23)41-4)29(35)21-33(24-15-17-25(18-16-24)34(37)38)42(39,40)27-13-8-7-9-14-27/h7-19,22,28H,5-6,20-21H2,1-4H3,(H,31,36). The minimum atomic E-state index is -4.28. The third-order valence-corrected chi connectivity index (χ3v) is 8.62. The molecule has 0 aliphatic heterocycles. The van der Waals surface area contributed by atoms with Crippen molar-refractivity contribution in [1.82, 2.24) is 10.2 Å². The van der Waals surface area contributed by atoms with Crippen LogP contribution in [0, 0.1) is 10.1 Å². The van der Waals surface area contributed by atoms with Crippen molar-refractivity contribution in [2.75, 3.05) is 18.0 Å². The van der Waals surface area contributed by atoms with Crippen molar-refractivity contribution in [2.45, 2.75) is 57.1 Å². The average molecular weight is 597 g/mol. The molecule has 0 saturated carbocycles. The molecule has 12 heteroatoms. The normalized spacial score (nSPS) is 12.6. The van der Waals surface area contributed by atoms with Crippen molar-refractivity contribution in [3.05, 3.63) is 94.5 Å². The molecule has 0 heterocycles. The van der Waals surface area contributed by atoms with Crippen LogP contribution in [0.5, 0.6) is 5.75 Å². The molecule has 0 saturated heterocycles. The summed E-state index contributed by atoms with van der Waals surface area (Å²) in [5.74, 6) is -0.408. The lowest BCUT2D eigenvalue weighted by Crippen LogP contribution is -2.53. The van der Waals surface area contributed by atoms with E-state index in [2.05, 4.69) is 5.32 Å². The zero-order valence-corrected chi connectivity index (χ0v) is 24.9. The molecule has 0 aliphatic carbocycles. The smallest absolute Gasteiger partial charge is 0.269 e. The molecule has 0 aromatic heterocycles. The highest BCUT2D eigenvalue weighted by atomic mass is 32.2. The molecule has 224 valence electrons. The molecule has 11 nitrogen and oxygen atoms in total. The highest BCUT2D eigenvalue weighted by Gasteiger charge is 2.34. The zero-order valence-electron chi connectivity index (χ0n) is 24.1. The first kappa shape index (κ1) is 32.1. The maximum absolute atomic E-state index is 14.1. The number of nitrogens with one attached hydrogen (secondary N) is 1. The maximum atomic E-state index is 14.1. The summed E-state index contributed by atoms with van der Waals surface area (Å²) in [6.45, 7) is 4.94. The first-order valence-corrected chi connectivity index (χ1v) is 15.0. The minimum absolute atomic E-state index is 0.0158. The fraction of sp³-hybridized carbons (Fsp3) is 0.333. The van der Waals surface area contributed by atoms with E-state index in [9.17, 15) is 28.1 Å². The van der Waals surface area contributed by atoms with Crippen LogP contribution in [0.3, 0.4) is 0 Å². The lowest BCUT2D eigenvalue weighted by molar-refractivity contribution is -0.384. The summed E-state index contributed by atoms with van der Waals surface area (Å²) in [5.41, 5.74) is 0.524. The number of non-ortho nitro benzene ring substituents is 1. The summed E-state index contributed by atoms with van der Waals surface area (Å²) in [5, 5.41) is 14.2. The van der Waals surface area contributed by atoms with Crippen LogP contribution in [0.1, 0.15) is 39.2 Å². The second-order valence-corrected chi connectivity index (χ2v) is 11.6. The van der Waals surface area contributed by atoms with E-state index in [0.717, 1.165) is 4.31 Å². The number of nitrogens with zero attached hydrogens (tertiary/aromatic N) is 3. The fourth-order valence-corrected chi connectivity index (χ4v) is 5.75. The summed E-state index contributed by atoms with van der Waals surface area (Å²) in [4.78, 5) is 39.4. The van der Waals surface area contributed by atoms with Gasteiger partial charge in [0.1, 0.15) is 18.3 Å². The molecule has 42 heavy (non-hydrogen) atoms. The molecule has 3 rings (SSSR count). The van der Waals surface area contributed by atoms with Crippen LogP contribution >= 0.6 is 0 Å². The Kier molecular flexibility index (Phi) is 11.0. The number of amides is 2. The van der Waals surface area contributed by atoms with Crippen molar-refractivity contribution in [3.8, 4) is 5.75 Å². The van der Waals surface area contributed by atoms with E-state index >= 15 is 0 Å². The number of ether oxygens (including phenoxy) is 1. The summed E-state index contributed by atoms with van der Waals surface area (Å²) < 4.78 is 33.9. The lowest BCUT2D eigenvalue weighted by atomic mass is 10.1. The summed E-state index contributed by atoms with van der Waals surface area (Å²) in [7, 11) is -2.76. The predicted octanol–water partition coefficient (Wildman–Crippen LogP) is 4.52. The van der Waals surface area contributed by atoms with Crippen molar-refractivity contribution >= 4 is 33.2 Å². The van der Waals surface area contributed by atoms with Crippen molar-refractivity contribution < 1.29 is 27.7 Å². The highest BCUT2D eigenvalue weighted by molar-refractivity contribution is 7.92. The Hall–Kier alpha value is -4.45. The van der Waals surface area contributed by atoms with Gasteiger partial charge in [0.05, 0.1) is 22.6 Å². The van der Waals surface area contributed by atoms with Gasteiger partial charge in [-0.15, -0.1) is 0 Å². The van der Waals surface area contributed by atoms with Gasteiger partial charge in [-0.1, -0.05) is 44.2 Å². The van der Waals surface area contributed by atoms with E-state index in [-0.39, 0.29) is 41.2 Å². The first-order chi connectivity index (χ1) is 20.0. The number of sulfonamides is 1. The molecule has 2 unspecified atom stereocenters. The molecule has 0 radical (unpaired) electrons. The summed E-state index contributed by atoms with van der Waals surface area (Å²) >= 11 is 0. The monoisotopic (exact) mass is 596 g/mol. The van der Waals surface area contributed by atoms with Crippen LogP contribution in [-0.2, 0) is 26.2 Å². The first-order valence-electron chi connectivity index (χ1n) is 13.6. The SMILES string of the molecule is CCC(C)NC(=O)C(CC)N(Cc1cccc(OC)c1)C(=O)CN(c1ccc([N+](=O)[O-])cc1)S(=O)(=O)c1ccccc1. The predicted molar refractivity (Wildman–Crippen MR) is 160 cm³/mol. The molecular weight excluding hydrogens is 560 g/mol. The van der Waals surface area contributed by atoms with Gasteiger partial charge in [0.25, 0.3) is 15.7 Å². The van der Waals surface area contributed by atoms with Gasteiger partial charge < -0.3 is 15.0 Å². The van der Waals surface area contributed by atoms with Crippen LogP contribution in [0.15, 0.2) is 83.8 Å². The van der Waals surface area contributed by atoms with Gasteiger partial charge in [-0.2, -0.15) is 0 Å². The van der Waals surface area contributed by atoms with Gasteiger partial charge in [-0.3, -0.25) is 24.0 Å². The van der Waals surface area contributed by atoms with Crippen LogP contribution in [0.4, 0.5) is 11.4 Å². The molecule has 2 amide bonds. The number of nitro benzene ring substituents is 1. The number of benzene rings is 3. The van der Waals surface area contributed by atoms with Gasteiger partial charge in [0, 0.05) is 24.7 Å². The van der Waals surface area contributed by atoms with E-state index in [1.165, 1.54) is 48.4 Å².